The van der Waals surface area contributed by atoms with Crippen molar-refractivity contribution in [3.63, 3.8) is 0 Å². The number of carbonyl (C=O) groups is 1. The zero-order valence-corrected chi connectivity index (χ0v) is 21.4. The van der Waals surface area contributed by atoms with Crippen molar-refractivity contribution >= 4 is 52.5 Å². The Morgan fingerprint density at radius 2 is 1.78 bits per heavy atom. The molecule has 0 unspecified atom stereocenters. The summed E-state index contributed by atoms with van der Waals surface area (Å²) in [5.41, 5.74) is 2.35. The maximum atomic E-state index is 13.9. The molecule has 4 nitrogen and oxygen atoms in total. The van der Waals surface area contributed by atoms with Crippen molar-refractivity contribution < 1.29 is 13.6 Å². The molecule has 9 heteroatoms. The van der Waals surface area contributed by atoms with Crippen molar-refractivity contribution in [3.8, 4) is 0 Å². The number of likely N-dealkylation sites (tertiary alicyclic amines) is 1. The van der Waals surface area contributed by atoms with E-state index in [0.717, 1.165) is 43.2 Å². The molecule has 186 valence electrons. The number of aromatic nitrogens is 1. The Balaban J connectivity index is 1.34. The number of amides is 1. The van der Waals surface area contributed by atoms with Crippen LogP contribution in [0.5, 0.6) is 0 Å². The first-order valence-electron chi connectivity index (χ1n) is 11.5. The third kappa shape index (κ3) is 4.88. The SMILES string of the molecule is O=C(c1ccnc(Cl)c1)N1CC2(CCN(C/C=C/c3ccc(F)cc3F)CC2)c2cc(Cl)c(Cl)cc21. The van der Waals surface area contributed by atoms with Gasteiger partial charge in [-0.1, -0.05) is 47.0 Å². The normalized spacial score (nSPS) is 17.2. The van der Waals surface area contributed by atoms with Crippen molar-refractivity contribution in [2.45, 2.75) is 18.3 Å². The second-order valence-corrected chi connectivity index (χ2v) is 10.4. The number of hydrogen-bond acceptors (Lipinski definition) is 3. The number of anilines is 1. The van der Waals surface area contributed by atoms with Crippen LogP contribution in [0.25, 0.3) is 6.08 Å². The Morgan fingerprint density at radius 1 is 1.03 bits per heavy atom. The molecule has 0 saturated carbocycles. The van der Waals surface area contributed by atoms with Crippen LogP contribution in [0, 0.1) is 11.6 Å². The summed E-state index contributed by atoms with van der Waals surface area (Å²) < 4.78 is 27.0. The van der Waals surface area contributed by atoms with Crippen molar-refractivity contribution in [3.05, 3.63) is 98.3 Å². The summed E-state index contributed by atoms with van der Waals surface area (Å²) in [4.78, 5) is 21.5. The molecule has 0 bridgehead atoms. The van der Waals surface area contributed by atoms with Crippen LogP contribution in [0.4, 0.5) is 14.5 Å². The van der Waals surface area contributed by atoms with Crippen LogP contribution in [-0.2, 0) is 5.41 Å². The molecule has 1 fully saturated rings. The standard InChI is InChI=1S/C27H22Cl3F2N3O/c28-21-14-20-24(15-22(21)29)35(26(36)18-5-8-33-25(30)12-18)16-27(20)6-10-34(11-7-27)9-1-2-17-3-4-19(31)13-23(17)32/h1-5,8,12-15H,6-7,9-11,16H2/b2-1+. The van der Waals surface area contributed by atoms with Crippen molar-refractivity contribution in [1.82, 2.24) is 9.88 Å². The first kappa shape index (κ1) is 25.2. The number of benzene rings is 2. The smallest absolute Gasteiger partial charge is 0.258 e. The number of piperidine rings is 1. The Hall–Kier alpha value is -2.51. The molecule has 0 atom stereocenters. The van der Waals surface area contributed by atoms with Gasteiger partial charge in [-0.25, -0.2) is 13.8 Å². The highest BCUT2D eigenvalue weighted by Gasteiger charge is 2.46. The predicted octanol–water partition coefficient (Wildman–Crippen LogP) is 7.03. The third-order valence-electron chi connectivity index (χ3n) is 7.02. The fourth-order valence-corrected chi connectivity index (χ4v) is 5.58. The van der Waals surface area contributed by atoms with Crippen molar-refractivity contribution in [2.24, 2.45) is 0 Å². The minimum atomic E-state index is -0.594. The Labute approximate surface area is 223 Å². The largest absolute Gasteiger partial charge is 0.307 e. The van der Waals surface area contributed by atoms with E-state index in [1.54, 1.807) is 29.2 Å². The van der Waals surface area contributed by atoms with Crippen LogP contribution in [0.3, 0.4) is 0 Å². The summed E-state index contributed by atoms with van der Waals surface area (Å²) in [6.45, 7) is 2.74. The minimum absolute atomic E-state index is 0.164. The van der Waals surface area contributed by atoms with Crippen LogP contribution in [-0.4, -0.2) is 42.0 Å². The fourth-order valence-electron chi connectivity index (χ4n) is 5.09. The molecule has 2 aromatic carbocycles. The van der Waals surface area contributed by atoms with Gasteiger partial charge in [0.25, 0.3) is 5.91 Å². The van der Waals surface area contributed by atoms with Crippen LogP contribution in [0.1, 0.15) is 34.3 Å². The zero-order chi connectivity index (χ0) is 25.4. The molecule has 2 aliphatic rings. The van der Waals surface area contributed by atoms with Gasteiger partial charge in [0.05, 0.1) is 10.0 Å². The summed E-state index contributed by atoms with van der Waals surface area (Å²) in [6, 6.07) is 10.4. The maximum absolute atomic E-state index is 13.9. The van der Waals surface area contributed by atoms with Gasteiger partial charge in [0.15, 0.2) is 0 Å². The van der Waals surface area contributed by atoms with Crippen LogP contribution in [0.2, 0.25) is 15.2 Å². The van der Waals surface area contributed by atoms with Gasteiger partial charge in [-0.3, -0.25) is 9.69 Å². The summed E-state index contributed by atoms with van der Waals surface area (Å²) >= 11 is 18.8. The average Bonchev–Trinajstić information content (AvgIpc) is 3.14. The molecule has 5 rings (SSSR count). The van der Waals surface area contributed by atoms with Gasteiger partial charge < -0.3 is 4.90 Å². The topological polar surface area (TPSA) is 36.4 Å². The Bertz CT molecular complexity index is 1360. The van der Waals surface area contributed by atoms with Gasteiger partial charge in [0, 0.05) is 47.6 Å². The first-order chi connectivity index (χ1) is 17.3. The maximum Gasteiger partial charge on any atom is 0.258 e. The van der Waals surface area contributed by atoms with E-state index in [2.05, 4.69) is 9.88 Å². The van der Waals surface area contributed by atoms with E-state index in [0.29, 0.717) is 34.3 Å². The predicted molar refractivity (Wildman–Crippen MR) is 140 cm³/mol. The minimum Gasteiger partial charge on any atom is -0.307 e. The van der Waals surface area contributed by atoms with Gasteiger partial charge >= 0.3 is 0 Å². The van der Waals surface area contributed by atoms with E-state index >= 15 is 0 Å². The number of hydrogen-bond donors (Lipinski definition) is 0. The number of rotatable bonds is 4. The molecule has 0 N–H and O–H groups in total. The molecular weight excluding hydrogens is 527 g/mol. The lowest BCUT2D eigenvalue weighted by molar-refractivity contribution is 0.0977. The van der Waals surface area contributed by atoms with Gasteiger partial charge in [0.2, 0.25) is 0 Å². The number of fused-ring (bicyclic) bond motifs is 2. The van der Waals surface area contributed by atoms with Crippen LogP contribution >= 0.6 is 34.8 Å². The summed E-state index contributed by atoms with van der Waals surface area (Å²) in [5.74, 6) is -1.34. The molecule has 3 aromatic rings. The molecule has 2 aliphatic heterocycles. The van der Waals surface area contributed by atoms with Crippen molar-refractivity contribution in [1.29, 1.82) is 0 Å². The lowest BCUT2D eigenvalue weighted by Crippen LogP contribution is -2.46. The average molecular weight is 549 g/mol. The highest BCUT2D eigenvalue weighted by Crippen LogP contribution is 2.49. The van der Waals surface area contributed by atoms with E-state index < -0.39 is 11.6 Å². The van der Waals surface area contributed by atoms with Gasteiger partial charge in [0.1, 0.15) is 16.8 Å². The van der Waals surface area contributed by atoms with E-state index in [-0.39, 0.29) is 16.5 Å². The number of carbonyl (C=O) groups excluding carboxylic acids is 1. The van der Waals surface area contributed by atoms with E-state index in [1.807, 2.05) is 12.1 Å². The third-order valence-corrected chi connectivity index (χ3v) is 7.95. The second kappa shape index (κ2) is 10.1. The Kier molecular flexibility index (Phi) is 7.05. The van der Waals surface area contributed by atoms with E-state index in [1.165, 1.54) is 18.3 Å². The molecule has 0 aliphatic carbocycles. The molecule has 1 amide bonds. The zero-order valence-electron chi connectivity index (χ0n) is 19.2. The highest BCUT2D eigenvalue weighted by atomic mass is 35.5. The molecular formula is C27H22Cl3F2N3O. The monoisotopic (exact) mass is 547 g/mol. The molecule has 1 aromatic heterocycles. The van der Waals surface area contributed by atoms with Crippen LogP contribution < -0.4 is 4.90 Å². The van der Waals surface area contributed by atoms with Crippen molar-refractivity contribution in [2.75, 3.05) is 31.1 Å². The summed E-state index contributed by atoms with van der Waals surface area (Å²) in [7, 11) is 0. The lowest BCUT2D eigenvalue weighted by Gasteiger charge is -2.39. The second-order valence-electron chi connectivity index (χ2n) is 9.19. The van der Waals surface area contributed by atoms with Gasteiger partial charge in [-0.15, -0.1) is 0 Å². The summed E-state index contributed by atoms with van der Waals surface area (Å²) in [5, 5.41) is 1.11. The lowest BCUT2D eigenvalue weighted by atomic mass is 9.74. The van der Waals surface area contributed by atoms with Gasteiger partial charge in [-0.2, -0.15) is 0 Å². The molecule has 3 heterocycles. The molecule has 0 radical (unpaired) electrons. The molecule has 36 heavy (non-hydrogen) atoms. The molecule has 1 spiro atoms. The van der Waals surface area contributed by atoms with E-state index in [9.17, 15) is 13.6 Å². The summed E-state index contributed by atoms with van der Waals surface area (Å²) in [6.07, 6.45) is 6.71. The highest BCUT2D eigenvalue weighted by molar-refractivity contribution is 6.42. The Morgan fingerprint density at radius 3 is 2.50 bits per heavy atom. The fraction of sp³-hybridized carbons (Fsp3) is 0.259. The molecule has 1 saturated heterocycles. The number of halogens is 5. The number of nitrogens with zero attached hydrogens (tertiary/aromatic N) is 3. The quantitative estimate of drug-likeness (QED) is 0.329. The van der Waals surface area contributed by atoms with E-state index in [4.69, 9.17) is 34.8 Å². The first-order valence-corrected chi connectivity index (χ1v) is 12.7. The number of pyridine rings is 1. The van der Waals surface area contributed by atoms with Crippen LogP contribution in [0.15, 0.2) is 54.7 Å². The van der Waals surface area contributed by atoms with Gasteiger partial charge in [-0.05, 0) is 67.9 Å².